The van der Waals surface area contributed by atoms with Crippen LogP contribution in [0.2, 0.25) is 0 Å². The van der Waals surface area contributed by atoms with E-state index in [1.807, 2.05) is 11.3 Å². The molecule has 0 saturated carbocycles. The van der Waals surface area contributed by atoms with E-state index in [0.717, 1.165) is 11.2 Å². The number of benzene rings is 10. The van der Waals surface area contributed by atoms with Crippen molar-refractivity contribution in [2.45, 2.75) is 19.3 Å². The Morgan fingerprint density at radius 1 is 0.390 bits per heavy atom. The van der Waals surface area contributed by atoms with Crippen LogP contribution in [0.1, 0.15) is 25.0 Å². The van der Waals surface area contributed by atoms with Gasteiger partial charge in [0, 0.05) is 41.9 Å². The van der Waals surface area contributed by atoms with Gasteiger partial charge in [-0.1, -0.05) is 172 Å². The van der Waals surface area contributed by atoms with Crippen molar-refractivity contribution in [2.75, 3.05) is 0 Å². The first-order valence-corrected chi connectivity index (χ1v) is 21.3. The van der Waals surface area contributed by atoms with E-state index in [2.05, 4.69) is 196 Å². The minimum atomic E-state index is -0.160. The zero-order valence-electron chi connectivity index (χ0n) is 32.6. The first-order chi connectivity index (χ1) is 29.0. The van der Waals surface area contributed by atoms with E-state index in [0.29, 0.717) is 0 Å². The highest BCUT2D eigenvalue weighted by Crippen LogP contribution is 2.53. The van der Waals surface area contributed by atoms with E-state index in [-0.39, 0.29) is 5.41 Å². The van der Waals surface area contributed by atoms with Crippen molar-refractivity contribution in [3.63, 3.8) is 0 Å². The second kappa shape index (κ2) is 12.0. The molecule has 0 radical (unpaired) electrons. The summed E-state index contributed by atoms with van der Waals surface area (Å²) in [5, 5.41) is 12.5. The predicted molar refractivity (Wildman–Crippen MR) is 253 cm³/mol. The summed E-state index contributed by atoms with van der Waals surface area (Å²) in [6.45, 7) is 4.67. The van der Waals surface area contributed by atoms with Crippen molar-refractivity contribution in [1.82, 2.24) is 0 Å². The number of rotatable bonds is 3. The van der Waals surface area contributed by atoms with Crippen molar-refractivity contribution < 1.29 is 4.42 Å². The molecule has 0 aliphatic heterocycles. The highest BCUT2D eigenvalue weighted by Gasteiger charge is 2.38. The molecule has 59 heavy (non-hydrogen) atoms. The Kier molecular flexibility index (Phi) is 6.73. The smallest absolute Gasteiger partial charge is 0.140 e. The summed E-state index contributed by atoms with van der Waals surface area (Å²) in [5.41, 5.74) is 14.4. The summed E-state index contributed by atoms with van der Waals surface area (Å²) in [6, 6.07) is 67.5. The third-order valence-corrected chi connectivity index (χ3v) is 14.4. The Labute approximate surface area is 345 Å². The predicted octanol–water partition coefficient (Wildman–Crippen LogP) is 16.7. The average molecular weight is 769 g/mol. The summed E-state index contributed by atoms with van der Waals surface area (Å²) >= 11 is 1.88. The molecule has 0 fully saturated rings. The van der Waals surface area contributed by atoms with Gasteiger partial charge in [-0.2, -0.15) is 0 Å². The number of hydrogen-bond acceptors (Lipinski definition) is 2. The summed E-state index contributed by atoms with van der Waals surface area (Å²) < 4.78 is 9.66. The Balaban J connectivity index is 0.980. The molecule has 2 heterocycles. The van der Waals surface area contributed by atoms with E-state index in [1.54, 1.807) is 0 Å². The molecule has 2 heteroatoms. The molecule has 1 nitrogen and oxygen atoms in total. The van der Waals surface area contributed by atoms with Gasteiger partial charge in [-0.05, 0) is 107 Å². The maximum Gasteiger partial charge on any atom is 0.140 e. The monoisotopic (exact) mass is 768 g/mol. The summed E-state index contributed by atoms with van der Waals surface area (Å²) in [7, 11) is 0. The van der Waals surface area contributed by atoms with Crippen LogP contribution in [0, 0.1) is 0 Å². The van der Waals surface area contributed by atoms with Crippen LogP contribution in [0.15, 0.2) is 186 Å². The lowest BCUT2D eigenvalue weighted by atomic mass is 9.81. The molecule has 0 spiro atoms. The Bertz CT molecular complexity index is 3690. The molecule has 2 aromatic heterocycles. The molecular weight excluding hydrogens is 733 g/mol. The van der Waals surface area contributed by atoms with Crippen molar-refractivity contribution >= 4 is 85.8 Å². The van der Waals surface area contributed by atoms with Gasteiger partial charge in [-0.15, -0.1) is 11.3 Å². The lowest BCUT2D eigenvalue weighted by molar-refractivity contribution is 0.620. The van der Waals surface area contributed by atoms with Gasteiger partial charge in [0.15, 0.2) is 0 Å². The fraction of sp³-hybridized carbons (Fsp3) is 0.0526. The van der Waals surface area contributed by atoms with Crippen molar-refractivity contribution in [2.24, 2.45) is 0 Å². The molecule has 1 aliphatic rings. The van der Waals surface area contributed by atoms with E-state index < -0.39 is 0 Å². The minimum absolute atomic E-state index is 0.160. The van der Waals surface area contributed by atoms with Crippen molar-refractivity contribution in [3.8, 4) is 44.5 Å². The Morgan fingerprint density at radius 2 is 0.932 bits per heavy atom. The molecule has 0 saturated heterocycles. The molecular formula is C57H36OS. The fourth-order valence-electron chi connectivity index (χ4n) is 10.6. The van der Waals surface area contributed by atoms with Gasteiger partial charge in [0.05, 0.1) is 0 Å². The lowest BCUT2D eigenvalue weighted by Crippen LogP contribution is -2.15. The van der Waals surface area contributed by atoms with Gasteiger partial charge in [0.25, 0.3) is 0 Å². The van der Waals surface area contributed by atoms with E-state index in [4.69, 9.17) is 4.42 Å². The zero-order valence-corrected chi connectivity index (χ0v) is 33.5. The number of thiophene rings is 1. The topological polar surface area (TPSA) is 13.1 Å². The van der Waals surface area contributed by atoms with Crippen LogP contribution in [-0.4, -0.2) is 0 Å². The Morgan fingerprint density at radius 3 is 1.66 bits per heavy atom. The summed E-state index contributed by atoms with van der Waals surface area (Å²) in [5.74, 6) is 0. The van der Waals surface area contributed by atoms with Gasteiger partial charge in [-0.3, -0.25) is 0 Å². The van der Waals surface area contributed by atoms with E-state index in [9.17, 15) is 0 Å². The summed E-state index contributed by atoms with van der Waals surface area (Å²) in [6.07, 6.45) is 0. The second-order valence-corrected chi connectivity index (χ2v) is 17.8. The van der Waals surface area contributed by atoms with Crippen LogP contribution in [0.4, 0.5) is 0 Å². The molecule has 10 aromatic carbocycles. The molecule has 12 aromatic rings. The van der Waals surface area contributed by atoms with E-state index >= 15 is 0 Å². The third kappa shape index (κ3) is 4.55. The average Bonchev–Trinajstić information content (AvgIpc) is 3.92. The number of hydrogen-bond donors (Lipinski definition) is 0. The standard InChI is InChI=1S/C57H36OS/c1-57(2)48-21-11-9-14-37(48)45-29-30-46-54-40-16-4-3-13-36(40)47(32-49(54)58-56(46)55(45)57)33-23-25-34(26-24-33)52-41-17-5-7-19-43(41)53(44-20-8-6-18-42(44)52)35-27-28-39-38-15-10-12-22-50(38)59-51(39)31-35/h3-32H,1-2H3. The second-order valence-electron chi connectivity index (χ2n) is 16.7. The van der Waals surface area contributed by atoms with E-state index in [1.165, 1.54) is 119 Å². The normalized spacial score (nSPS) is 13.4. The molecule has 13 rings (SSSR count). The van der Waals surface area contributed by atoms with Gasteiger partial charge in [0.1, 0.15) is 11.2 Å². The molecule has 0 amide bonds. The third-order valence-electron chi connectivity index (χ3n) is 13.2. The van der Waals surface area contributed by atoms with Crippen LogP contribution in [0.3, 0.4) is 0 Å². The molecule has 0 unspecified atom stereocenters. The van der Waals surface area contributed by atoms with Crippen LogP contribution in [0.25, 0.3) is 119 Å². The van der Waals surface area contributed by atoms with Crippen LogP contribution < -0.4 is 0 Å². The first kappa shape index (κ1) is 33.0. The van der Waals surface area contributed by atoms with Gasteiger partial charge in [-0.25, -0.2) is 0 Å². The maximum atomic E-state index is 7.01. The zero-order chi connectivity index (χ0) is 39.0. The highest BCUT2D eigenvalue weighted by atomic mass is 32.1. The van der Waals surface area contributed by atoms with Crippen molar-refractivity contribution in [3.05, 3.63) is 193 Å². The summed E-state index contributed by atoms with van der Waals surface area (Å²) in [4.78, 5) is 0. The lowest BCUT2D eigenvalue weighted by Gasteiger charge is -2.21. The highest BCUT2D eigenvalue weighted by molar-refractivity contribution is 7.25. The minimum Gasteiger partial charge on any atom is -0.456 e. The quantitative estimate of drug-likeness (QED) is 0.163. The van der Waals surface area contributed by atoms with Gasteiger partial charge >= 0.3 is 0 Å². The number of furan rings is 1. The molecule has 0 bridgehead atoms. The van der Waals surface area contributed by atoms with Crippen LogP contribution in [-0.2, 0) is 5.41 Å². The molecule has 276 valence electrons. The fourth-order valence-corrected chi connectivity index (χ4v) is 11.8. The van der Waals surface area contributed by atoms with Gasteiger partial charge < -0.3 is 4.42 Å². The largest absolute Gasteiger partial charge is 0.456 e. The first-order valence-electron chi connectivity index (χ1n) is 20.5. The van der Waals surface area contributed by atoms with Crippen LogP contribution >= 0.6 is 11.3 Å². The van der Waals surface area contributed by atoms with Gasteiger partial charge in [0.2, 0.25) is 0 Å². The molecule has 0 N–H and O–H groups in total. The maximum absolute atomic E-state index is 7.01. The number of fused-ring (bicyclic) bond motifs is 14. The molecule has 0 atom stereocenters. The van der Waals surface area contributed by atoms with Crippen molar-refractivity contribution in [1.29, 1.82) is 0 Å². The van der Waals surface area contributed by atoms with Crippen LogP contribution in [0.5, 0.6) is 0 Å². The SMILES string of the molecule is CC1(C)c2ccccc2-c2ccc3c(oc4cc(-c5ccc(-c6c7ccccc7c(-c7ccc8c(c7)sc7ccccc78)c7ccccc67)cc5)c5ccccc5c43)c21. The Hall–Kier alpha value is -7.00. The molecule has 1 aliphatic carbocycles.